The number of carbonyl (C=O) groups excluding carboxylic acids is 1. The molecule has 1 amide bonds. The number of piperazine rings is 1. The zero-order chi connectivity index (χ0) is 14.7. The molecule has 21 heavy (non-hydrogen) atoms. The van der Waals surface area contributed by atoms with Crippen molar-refractivity contribution >= 4 is 5.91 Å². The number of nitrogens with zero attached hydrogens (tertiary/aromatic N) is 2. The zero-order valence-corrected chi connectivity index (χ0v) is 12.8. The number of rotatable bonds is 3. The van der Waals surface area contributed by atoms with Gasteiger partial charge in [-0.15, -0.1) is 0 Å². The van der Waals surface area contributed by atoms with Crippen LogP contribution in [-0.2, 0) is 4.79 Å². The van der Waals surface area contributed by atoms with Crippen LogP contribution in [0, 0.1) is 0 Å². The van der Waals surface area contributed by atoms with Crippen molar-refractivity contribution in [3.05, 3.63) is 29.8 Å². The molecule has 1 atom stereocenters. The molecular formula is C17H24N2O2. The molecule has 3 rings (SSSR count). The van der Waals surface area contributed by atoms with Crippen LogP contribution in [0.4, 0.5) is 0 Å². The first-order valence-corrected chi connectivity index (χ1v) is 8.03. The molecule has 1 unspecified atom stereocenters. The third kappa shape index (κ3) is 3.05. The highest BCUT2D eigenvalue weighted by atomic mass is 16.5. The smallest absolute Gasteiger partial charge is 0.222 e. The molecule has 1 fully saturated rings. The summed E-state index contributed by atoms with van der Waals surface area (Å²) >= 11 is 0. The summed E-state index contributed by atoms with van der Waals surface area (Å²) in [6.45, 7) is 6.50. The summed E-state index contributed by atoms with van der Waals surface area (Å²) in [6.07, 6.45) is 2.66. The fourth-order valence-electron chi connectivity index (χ4n) is 3.36. The highest BCUT2D eigenvalue weighted by molar-refractivity contribution is 5.76. The minimum atomic E-state index is 0.310. The molecular weight excluding hydrogens is 264 g/mol. The van der Waals surface area contributed by atoms with Gasteiger partial charge < -0.3 is 9.64 Å². The number of hydrogen-bond acceptors (Lipinski definition) is 3. The second kappa shape index (κ2) is 6.48. The van der Waals surface area contributed by atoms with Crippen LogP contribution in [-0.4, -0.2) is 48.5 Å². The largest absolute Gasteiger partial charge is 0.493 e. The second-order valence-electron chi connectivity index (χ2n) is 5.86. The van der Waals surface area contributed by atoms with Gasteiger partial charge in [-0.1, -0.05) is 25.1 Å². The van der Waals surface area contributed by atoms with Crippen molar-refractivity contribution in [1.29, 1.82) is 0 Å². The monoisotopic (exact) mass is 288 g/mol. The Hall–Kier alpha value is -1.55. The first-order chi connectivity index (χ1) is 10.3. The summed E-state index contributed by atoms with van der Waals surface area (Å²) in [5.41, 5.74) is 1.30. The number of carbonyl (C=O) groups is 1. The van der Waals surface area contributed by atoms with Crippen LogP contribution in [0.15, 0.2) is 24.3 Å². The summed E-state index contributed by atoms with van der Waals surface area (Å²) in [6, 6.07) is 8.79. The Morgan fingerprint density at radius 1 is 1.24 bits per heavy atom. The Morgan fingerprint density at radius 2 is 2.00 bits per heavy atom. The number of amides is 1. The van der Waals surface area contributed by atoms with Crippen LogP contribution in [0.5, 0.6) is 5.75 Å². The number of benzene rings is 1. The van der Waals surface area contributed by atoms with Crippen LogP contribution >= 0.6 is 0 Å². The summed E-state index contributed by atoms with van der Waals surface area (Å²) in [5.74, 6) is 1.34. The van der Waals surface area contributed by atoms with Gasteiger partial charge in [0.2, 0.25) is 5.91 Å². The van der Waals surface area contributed by atoms with Gasteiger partial charge in [0.25, 0.3) is 0 Å². The maximum absolute atomic E-state index is 12.0. The van der Waals surface area contributed by atoms with E-state index in [9.17, 15) is 4.79 Å². The lowest BCUT2D eigenvalue weighted by molar-refractivity contribution is -0.133. The minimum absolute atomic E-state index is 0.310. The molecule has 2 heterocycles. The maximum atomic E-state index is 12.0. The summed E-state index contributed by atoms with van der Waals surface area (Å²) < 4.78 is 5.74. The van der Waals surface area contributed by atoms with E-state index in [1.807, 2.05) is 11.0 Å². The van der Waals surface area contributed by atoms with Crippen molar-refractivity contribution < 1.29 is 9.53 Å². The Bertz CT molecular complexity index is 495. The summed E-state index contributed by atoms with van der Waals surface area (Å²) in [7, 11) is 0. The van der Waals surface area contributed by atoms with E-state index in [2.05, 4.69) is 30.0 Å². The van der Waals surface area contributed by atoms with E-state index in [0.29, 0.717) is 18.4 Å². The number of fused-ring (bicyclic) bond motifs is 1. The third-order valence-corrected chi connectivity index (χ3v) is 4.50. The van der Waals surface area contributed by atoms with E-state index in [0.717, 1.165) is 51.4 Å². The van der Waals surface area contributed by atoms with Crippen molar-refractivity contribution in [2.75, 3.05) is 32.8 Å². The number of ether oxygens (including phenoxy) is 1. The molecule has 0 saturated carbocycles. The number of para-hydroxylation sites is 1. The van der Waals surface area contributed by atoms with Gasteiger partial charge in [-0.2, -0.15) is 0 Å². The first-order valence-electron chi connectivity index (χ1n) is 8.03. The van der Waals surface area contributed by atoms with Gasteiger partial charge >= 0.3 is 0 Å². The molecule has 2 aliphatic rings. The molecule has 0 radical (unpaired) electrons. The van der Waals surface area contributed by atoms with E-state index in [4.69, 9.17) is 4.74 Å². The van der Waals surface area contributed by atoms with Crippen molar-refractivity contribution in [1.82, 2.24) is 9.80 Å². The average molecular weight is 288 g/mol. The van der Waals surface area contributed by atoms with Crippen LogP contribution in [0.25, 0.3) is 0 Å². The SMILES string of the molecule is CCCC(=O)N1CCN(C2CCOc3ccccc32)CC1. The second-order valence-corrected chi connectivity index (χ2v) is 5.86. The minimum Gasteiger partial charge on any atom is -0.493 e. The summed E-state index contributed by atoms with van der Waals surface area (Å²) in [5, 5.41) is 0. The molecule has 2 aliphatic heterocycles. The Morgan fingerprint density at radius 3 is 2.76 bits per heavy atom. The predicted molar refractivity (Wildman–Crippen MR) is 82.4 cm³/mol. The van der Waals surface area contributed by atoms with Crippen molar-refractivity contribution in [3.8, 4) is 5.75 Å². The topological polar surface area (TPSA) is 32.8 Å². The summed E-state index contributed by atoms with van der Waals surface area (Å²) in [4.78, 5) is 16.5. The van der Waals surface area contributed by atoms with Crippen molar-refractivity contribution in [2.24, 2.45) is 0 Å². The van der Waals surface area contributed by atoms with Crippen molar-refractivity contribution in [3.63, 3.8) is 0 Å². The lowest BCUT2D eigenvalue weighted by Crippen LogP contribution is -2.50. The van der Waals surface area contributed by atoms with E-state index in [-0.39, 0.29) is 0 Å². The first kappa shape index (κ1) is 14.4. The lowest BCUT2D eigenvalue weighted by Gasteiger charge is -2.41. The molecule has 1 saturated heterocycles. The van der Waals surface area contributed by atoms with E-state index < -0.39 is 0 Å². The predicted octanol–water partition coefficient (Wildman–Crippen LogP) is 2.45. The molecule has 1 aromatic rings. The van der Waals surface area contributed by atoms with Crippen LogP contribution in [0.3, 0.4) is 0 Å². The molecule has 0 bridgehead atoms. The maximum Gasteiger partial charge on any atom is 0.222 e. The van der Waals surface area contributed by atoms with E-state index >= 15 is 0 Å². The average Bonchev–Trinajstić information content (AvgIpc) is 2.55. The Balaban J connectivity index is 1.64. The molecule has 0 spiro atoms. The Labute approximate surface area is 126 Å². The highest BCUT2D eigenvalue weighted by Crippen LogP contribution is 2.36. The van der Waals surface area contributed by atoms with Gasteiger partial charge in [0, 0.05) is 50.6 Å². The number of hydrogen-bond donors (Lipinski definition) is 0. The van der Waals surface area contributed by atoms with Crippen LogP contribution in [0.2, 0.25) is 0 Å². The molecule has 0 aliphatic carbocycles. The van der Waals surface area contributed by atoms with Gasteiger partial charge in [0.05, 0.1) is 6.61 Å². The molecule has 0 aromatic heterocycles. The van der Waals surface area contributed by atoms with Crippen LogP contribution in [0.1, 0.15) is 37.8 Å². The fourth-order valence-corrected chi connectivity index (χ4v) is 3.36. The van der Waals surface area contributed by atoms with Gasteiger partial charge in [0.1, 0.15) is 5.75 Å². The standard InChI is InChI=1S/C17H24N2O2/c1-2-5-17(20)19-11-9-18(10-12-19)15-8-13-21-16-7-4-3-6-14(15)16/h3-4,6-7,15H,2,5,8-13H2,1H3. The molecule has 114 valence electrons. The van der Waals surface area contributed by atoms with Crippen molar-refractivity contribution in [2.45, 2.75) is 32.2 Å². The van der Waals surface area contributed by atoms with E-state index in [1.165, 1.54) is 5.56 Å². The van der Waals surface area contributed by atoms with Gasteiger partial charge in [-0.05, 0) is 12.5 Å². The van der Waals surface area contributed by atoms with Gasteiger partial charge in [-0.3, -0.25) is 9.69 Å². The molecule has 1 aromatic carbocycles. The highest BCUT2D eigenvalue weighted by Gasteiger charge is 2.30. The lowest BCUT2D eigenvalue weighted by atomic mass is 9.98. The molecule has 4 heteroatoms. The quantitative estimate of drug-likeness (QED) is 0.856. The van der Waals surface area contributed by atoms with Gasteiger partial charge in [-0.25, -0.2) is 0 Å². The fraction of sp³-hybridized carbons (Fsp3) is 0.588. The Kier molecular flexibility index (Phi) is 4.44. The normalized spacial score (nSPS) is 22.5. The van der Waals surface area contributed by atoms with E-state index in [1.54, 1.807) is 0 Å². The van der Waals surface area contributed by atoms with Gasteiger partial charge in [0.15, 0.2) is 0 Å². The molecule has 0 N–H and O–H groups in total. The van der Waals surface area contributed by atoms with Crippen LogP contribution < -0.4 is 4.74 Å². The zero-order valence-electron chi connectivity index (χ0n) is 12.8. The third-order valence-electron chi connectivity index (χ3n) is 4.50. The molecule has 4 nitrogen and oxygen atoms in total.